The highest BCUT2D eigenvalue weighted by atomic mass is 16.3. The number of carbonyl (C=O) groups is 2. The van der Waals surface area contributed by atoms with E-state index >= 15 is 0 Å². The molecule has 28 heavy (non-hydrogen) atoms. The number of imidazole rings is 1. The molecule has 1 fully saturated rings. The number of nitrogens with two attached hydrogens (primary N) is 1. The molecule has 0 atom stereocenters. The van der Waals surface area contributed by atoms with Gasteiger partial charge in [0.25, 0.3) is 11.8 Å². The molecule has 2 amide bonds. The number of nitrogens with one attached hydrogen (secondary N) is 1. The summed E-state index contributed by atoms with van der Waals surface area (Å²) in [7, 11) is 0. The summed E-state index contributed by atoms with van der Waals surface area (Å²) in [5, 5.41) is 13.4. The maximum absolute atomic E-state index is 12.9. The maximum atomic E-state index is 12.9. The third-order valence-corrected chi connectivity index (χ3v) is 5.10. The van der Waals surface area contributed by atoms with Crippen molar-refractivity contribution >= 4 is 17.5 Å². The van der Waals surface area contributed by atoms with Gasteiger partial charge in [-0.1, -0.05) is 19.3 Å². The van der Waals surface area contributed by atoms with E-state index in [0.29, 0.717) is 24.3 Å². The Hall–Kier alpha value is -3.20. The zero-order valence-corrected chi connectivity index (χ0v) is 15.2. The van der Waals surface area contributed by atoms with Gasteiger partial charge in [0.15, 0.2) is 17.1 Å². The van der Waals surface area contributed by atoms with Gasteiger partial charge in [-0.05, 0) is 31.0 Å². The first kappa shape index (κ1) is 18.2. The zero-order valence-electron chi connectivity index (χ0n) is 15.2. The van der Waals surface area contributed by atoms with E-state index in [2.05, 4.69) is 15.3 Å². The molecule has 3 heterocycles. The van der Waals surface area contributed by atoms with Crippen molar-refractivity contribution in [2.75, 3.05) is 6.54 Å². The summed E-state index contributed by atoms with van der Waals surface area (Å²) in [6.07, 6.45) is 7.12. The summed E-state index contributed by atoms with van der Waals surface area (Å²) in [6.45, 7) is 0.156. The van der Waals surface area contributed by atoms with Gasteiger partial charge in [-0.15, -0.1) is 0 Å². The predicted octanol–water partition coefficient (Wildman–Crippen LogP) is 1.51. The van der Waals surface area contributed by atoms with Crippen molar-refractivity contribution in [3.05, 3.63) is 42.2 Å². The lowest BCUT2D eigenvalue weighted by molar-refractivity contribution is 0.00520. The molecule has 9 nitrogen and oxygen atoms in total. The number of amides is 2. The molecule has 0 aliphatic heterocycles. The SMILES string of the molecule is NC(=O)c1ncn2c(C(=O)NCC3(O)CCCCC3)cc(-c3ccco3)nc12. The molecule has 1 aliphatic rings. The number of nitrogens with zero attached hydrogens (tertiary/aromatic N) is 3. The molecule has 0 bridgehead atoms. The lowest BCUT2D eigenvalue weighted by Crippen LogP contribution is -2.44. The normalized spacial score (nSPS) is 16.2. The predicted molar refractivity (Wildman–Crippen MR) is 99.6 cm³/mol. The molecule has 4 N–H and O–H groups in total. The highest BCUT2D eigenvalue weighted by Gasteiger charge is 2.30. The van der Waals surface area contributed by atoms with E-state index in [1.165, 1.54) is 17.0 Å². The standard InChI is InChI=1S/C19H21N5O4/c20-16(25)15-17-23-12(14-5-4-8-28-14)9-13(24(17)11-22-15)18(26)21-10-19(27)6-2-1-3-7-19/h4-5,8-9,11,27H,1-3,6-7,10H2,(H2,20,25)(H,21,26). The Morgan fingerprint density at radius 3 is 2.79 bits per heavy atom. The van der Waals surface area contributed by atoms with E-state index in [4.69, 9.17) is 10.2 Å². The summed E-state index contributed by atoms with van der Waals surface area (Å²) in [6, 6.07) is 4.95. The van der Waals surface area contributed by atoms with Crippen LogP contribution in [0.15, 0.2) is 35.2 Å². The van der Waals surface area contributed by atoms with Crippen LogP contribution in [0.5, 0.6) is 0 Å². The Balaban J connectivity index is 1.70. The van der Waals surface area contributed by atoms with Gasteiger partial charge in [-0.25, -0.2) is 9.97 Å². The number of aromatic nitrogens is 3. The van der Waals surface area contributed by atoms with Crippen molar-refractivity contribution in [2.45, 2.75) is 37.7 Å². The molecule has 4 rings (SSSR count). The molecule has 1 aliphatic carbocycles. The van der Waals surface area contributed by atoms with Crippen molar-refractivity contribution in [1.29, 1.82) is 0 Å². The van der Waals surface area contributed by atoms with E-state index in [9.17, 15) is 14.7 Å². The van der Waals surface area contributed by atoms with E-state index in [-0.39, 0.29) is 23.6 Å². The Kier molecular flexibility index (Phi) is 4.60. The van der Waals surface area contributed by atoms with Crippen LogP contribution in [0.4, 0.5) is 0 Å². The third kappa shape index (κ3) is 3.36. The van der Waals surface area contributed by atoms with Crippen molar-refractivity contribution < 1.29 is 19.1 Å². The monoisotopic (exact) mass is 383 g/mol. The fourth-order valence-electron chi connectivity index (χ4n) is 3.59. The number of hydrogen-bond donors (Lipinski definition) is 3. The Morgan fingerprint density at radius 1 is 1.32 bits per heavy atom. The van der Waals surface area contributed by atoms with Crippen LogP contribution in [-0.2, 0) is 0 Å². The zero-order chi connectivity index (χ0) is 19.7. The van der Waals surface area contributed by atoms with Crippen LogP contribution >= 0.6 is 0 Å². The molecule has 0 aromatic carbocycles. The van der Waals surface area contributed by atoms with Crippen LogP contribution in [0.25, 0.3) is 17.1 Å². The Labute approximate surface area is 160 Å². The first-order valence-electron chi connectivity index (χ1n) is 9.19. The number of hydrogen-bond acceptors (Lipinski definition) is 6. The number of primary amides is 1. The Morgan fingerprint density at radius 2 is 2.11 bits per heavy atom. The summed E-state index contributed by atoms with van der Waals surface area (Å²) < 4.78 is 6.78. The average Bonchev–Trinajstić information content (AvgIpc) is 3.35. The van der Waals surface area contributed by atoms with E-state index in [0.717, 1.165) is 19.3 Å². The molecule has 146 valence electrons. The summed E-state index contributed by atoms with van der Waals surface area (Å²) >= 11 is 0. The smallest absolute Gasteiger partial charge is 0.271 e. The topological polar surface area (TPSA) is 136 Å². The lowest BCUT2D eigenvalue weighted by atomic mass is 9.85. The number of carbonyl (C=O) groups excluding carboxylic acids is 2. The van der Waals surface area contributed by atoms with Crippen molar-refractivity contribution in [1.82, 2.24) is 19.7 Å². The molecular formula is C19H21N5O4. The molecule has 0 spiro atoms. The summed E-state index contributed by atoms with van der Waals surface area (Å²) in [5.41, 5.74) is 5.22. The molecule has 0 radical (unpaired) electrons. The average molecular weight is 383 g/mol. The van der Waals surface area contributed by atoms with Crippen LogP contribution in [0.1, 0.15) is 53.1 Å². The van der Waals surface area contributed by atoms with Crippen LogP contribution in [0, 0.1) is 0 Å². The molecule has 0 unspecified atom stereocenters. The van der Waals surface area contributed by atoms with Crippen LogP contribution in [0.2, 0.25) is 0 Å². The summed E-state index contributed by atoms with van der Waals surface area (Å²) in [4.78, 5) is 32.9. The quantitative estimate of drug-likeness (QED) is 0.611. The van der Waals surface area contributed by atoms with Gasteiger partial charge in [0, 0.05) is 6.54 Å². The van der Waals surface area contributed by atoms with Gasteiger partial charge < -0.3 is 20.6 Å². The van der Waals surface area contributed by atoms with Gasteiger partial charge in [0.2, 0.25) is 0 Å². The largest absolute Gasteiger partial charge is 0.463 e. The van der Waals surface area contributed by atoms with Gasteiger partial charge in [0.1, 0.15) is 17.7 Å². The number of furan rings is 1. The summed E-state index contributed by atoms with van der Waals surface area (Å²) in [5.74, 6) is -0.707. The van der Waals surface area contributed by atoms with Crippen molar-refractivity contribution in [3.8, 4) is 11.5 Å². The van der Waals surface area contributed by atoms with Crippen molar-refractivity contribution in [2.24, 2.45) is 5.73 Å². The number of fused-ring (bicyclic) bond motifs is 1. The van der Waals surface area contributed by atoms with Crippen LogP contribution in [-0.4, -0.2) is 43.4 Å². The van der Waals surface area contributed by atoms with Gasteiger partial charge in [0.05, 0.1) is 11.9 Å². The number of aliphatic hydroxyl groups is 1. The maximum Gasteiger partial charge on any atom is 0.271 e. The second kappa shape index (κ2) is 7.08. The Bertz CT molecular complexity index is 1020. The second-order valence-electron chi connectivity index (χ2n) is 7.12. The highest BCUT2D eigenvalue weighted by molar-refractivity contribution is 5.99. The lowest BCUT2D eigenvalue weighted by Gasteiger charge is -2.32. The minimum Gasteiger partial charge on any atom is -0.463 e. The van der Waals surface area contributed by atoms with E-state index in [1.807, 2.05) is 0 Å². The molecule has 0 saturated heterocycles. The number of rotatable bonds is 5. The minimum absolute atomic E-state index is 0.0339. The molecule has 9 heteroatoms. The van der Waals surface area contributed by atoms with Crippen LogP contribution in [0.3, 0.4) is 0 Å². The van der Waals surface area contributed by atoms with Crippen molar-refractivity contribution in [3.63, 3.8) is 0 Å². The highest BCUT2D eigenvalue weighted by Crippen LogP contribution is 2.27. The first-order chi connectivity index (χ1) is 13.5. The fraction of sp³-hybridized carbons (Fsp3) is 0.368. The molecular weight excluding hydrogens is 362 g/mol. The minimum atomic E-state index is -0.892. The van der Waals surface area contributed by atoms with E-state index < -0.39 is 17.4 Å². The third-order valence-electron chi connectivity index (χ3n) is 5.10. The van der Waals surface area contributed by atoms with Gasteiger partial charge in [-0.2, -0.15) is 0 Å². The first-order valence-corrected chi connectivity index (χ1v) is 9.19. The van der Waals surface area contributed by atoms with E-state index in [1.54, 1.807) is 18.2 Å². The van der Waals surface area contributed by atoms with Gasteiger partial charge >= 0.3 is 0 Å². The molecule has 3 aromatic heterocycles. The second-order valence-corrected chi connectivity index (χ2v) is 7.12. The van der Waals surface area contributed by atoms with Gasteiger partial charge in [-0.3, -0.25) is 14.0 Å². The molecule has 1 saturated carbocycles. The van der Waals surface area contributed by atoms with Crippen LogP contribution < -0.4 is 11.1 Å². The molecule has 3 aromatic rings. The fourth-order valence-corrected chi connectivity index (χ4v) is 3.59.